The van der Waals surface area contributed by atoms with Crippen LogP contribution in [0.15, 0.2) is 30.3 Å². The van der Waals surface area contributed by atoms with Crippen LogP contribution in [-0.2, 0) is 20.1 Å². The van der Waals surface area contributed by atoms with Crippen molar-refractivity contribution < 1.29 is 19.4 Å². The van der Waals surface area contributed by atoms with E-state index < -0.39 is 11.8 Å². The topological polar surface area (TPSA) is 55.8 Å². The van der Waals surface area contributed by atoms with Gasteiger partial charge in [0.25, 0.3) is 5.79 Å². The van der Waals surface area contributed by atoms with E-state index >= 15 is 0 Å². The van der Waals surface area contributed by atoms with Crippen molar-refractivity contribution in [1.82, 2.24) is 0 Å². The number of benzene rings is 1. The molecule has 1 aliphatic rings. The Kier molecular flexibility index (Phi) is 2.46. The molecule has 1 aromatic carbocycles. The molecule has 1 saturated heterocycles. The smallest absolute Gasteiger partial charge is 0.369 e. The number of hydrogen-bond donors (Lipinski definition) is 1. The van der Waals surface area contributed by atoms with Crippen LogP contribution in [0.5, 0.6) is 0 Å². The van der Waals surface area contributed by atoms with Crippen LogP contribution in [0.4, 0.5) is 0 Å². The maximum atomic E-state index is 11.2. The zero-order chi connectivity index (χ0) is 10.9. The van der Waals surface area contributed by atoms with Gasteiger partial charge in [-0.15, -0.1) is 0 Å². The van der Waals surface area contributed by atoms with Gasteiger partial charge in [0.05, 0.1) is 12.7 Å². The Bertz CT molecular complexity index is 362. The van der Waals surface area contributed by atoms with Gasteiger partial charge in [0.15, 0.2) is 0 Å². The van der Waals surface area contributed by atoms with Gasteiger partial charge in [-0.3, -0.25) is 0 Å². The summed E-state index contributed by atoms with van der Waals surface area (Å²) in [4.78, 5) is 11.2. The maximum Gasteiger partial charge on any atom is 0.369 e. The molecule has 4 nitrogen and oxygen atoms in total. The molecule has 1 heterocycles. The van der Waals surface area contributed by atoms with Crippen molar-refractivity contribution in [3.05, 3.63) is 35.9 Å². The first kappa shape index (κ1) is 10.1. The third-order valence-corrected chi connectivity index (χ3v) is 2.32. The molecule has 0 saturated carbocycles. The average Bonchev–Trinajstić information content (AvgIpc) is 2.63. The number of carboxylic acid groups (broad SMARTS) is 1. The van der Waals surface area contributed by atoms with Gasteiger partial charge in [-0.05, 0) is 6.92 Å². The second-order valence-corrected chi connectivity index (χ2v) is 3.53. The predicted molar refractivity (Wildman–Crippen MR) is 52.3 cm³/mol. The fourth-order valence-corrected chi connectivity index (χ4v) is 1.63. The number of carboxylic acids is 1. The van der Waals surface area contributed by atoms with Gasteiger partial charge in [0.2, 0.25) is 0 Å². The lowest BCUT2D eigenvalue weighted by atomic mass is 10.1. The van der Waals surface area contributed by atoms with Crippen LogP contribution < -0.4 is 0 Å². The lowest BCUT2D eigenvalue weighted by molar-refractivity contribution is -0.209. The number of aliphatic carboxylic acids is 1. The largest absolute Gasteiger partial charge is 0.477 e. The van der Waals surface area contributed by atoms with Crippen molar-refractivity contribution in [2.75, 3.05) is 6.61 Å². The second kappa shape index (κ2) is 3.64. The summed E-state index contributed by atoms with van der Waals surface area (Å²) >= 11 is 0. The maximum absolute atomic E-state index is 11.2. The van der Waals surface area contributed by atoms with Crippen LogP contribution >= 0.6 is 0 Å². The molecule has 2 rings (SSSR count). The molecule has 2 atom stereocenters. The van der Waals surface area contributed by atoms with E-state index in [9.17, 15) is 9.90 Å². The highest BCUT2D eigenvalue weighted by molar-refractivity contribution is 5.78. The zero-order valence-electron chi connectivity index (χ0n) is 8.34. The van der Waals surface area contributed by atoms with E-state index in [2.05, 4.69) is 0 Å². The van der Waals surface area contributed by atoms with Crippen molar-refractivity contribution in [3.63, 3.8) is 0 Å². The van der Waals surface area contributed by atoms with E-state index in [0.717, 1.165) is 0 Å². The van der Waals surface area contributed by atoms with Gasteiger partial charge in [0, 0.05) is 5.56 Å². The molecule has 0 radical (unpaired) electrons. The first-order valence-corrected chi connectivity index (χ1v) is 4.76. The van der Waals surface area contributed by atoms with Crippen molar-refractivity contribution in [2.24, 2.45) is 0 Å². The van der Waals surface area contributed by atoms with Crippen LogP contribution in [0.3, 0.4) is 0 Å². The fourth-order valence-electron chi connectivity index (χ4n) is 1.63. The fraction of sp³-hybridized carbons (Fsp3) is 0.364. The molecular weight excluding hydrogens is 196 g/mol. The third kappa shape index (κ3) is 1.62. The van der Waals surface area contributed by atoms with Crippen LogP contribution in [0.25, 0.3) is 0 Å². The molecule has 1 fully saturated rings. The molecule has 1 aromatic rings. The lowest BCUT2D eigenvalue weighted by Gasteiger charge is -2.22. The Balaban J connectivity index is 2.41. The first-order valence-electron chi connectivity index (χ1n) is 4.76. The van der Waals surface area contributed by atoms with Gasteiger partial charge in [0.1, 0.15) is 0 Å². The molecule has 0 amide bonds. The number of carbonyl (C=O) groups is 1. The standard InChI is InChI=1S/C11H12O4/c1-8-7-14-11(15-8,10(12)13)9-5-3-2-4-6-9/h2-6,8H,7H2,1H3,(H,12,13)/t8-,11-/m0/s1. The molecule has 0 spiro atoms. The second-order valence-electron chi connectivity index (χ2n) is 3.53. The Hall–Kier alpha value is -1.39. The van der Waals surface area contributed by atoms with E-state index in [4.69, 9.17) is 9.47 Å². The van der Waals surface area contributed by atoms with Crippen LogP contribution in [0, 0.1) is 0 Å². The molecule has 15 heavy (non-hydrogen) atoms. The van der Waals surface area contributed by atoms with Crippen LogP contribution in [0.1, 0.15) is 12.5 Å². The van der Waals surface area contributed by atoms with Crippen molar-refractivity contribution in [3.8, 4) is 0 Å². The molecular formula is C11H12O4. The molecule has 0 aliphatic carbocycles. The SMILES string of the molecule is C[C@H]1CO[C@@](C(=O)O)(c2ccccc2)O1. The summed E-state index contributed by atoms with van der Waals surface area (Å²) in [5.41, 5.74) is 0.516. The van der Waals surface area contributed by atoms with E-state index in [1.54, 1.807) is 31.2 Å². The van der Waals surface area contributed by atoms with Crippen LogP contribution in [0.2, 0.25) is 0 Å². The monoisotopic (exact) mass is 208 g/mol. The lowest BCUT2D eigenvalue weighted by Crippen LogP contribution is -2.37. The quantitative estimate of drug-likeness (QED) is 0.797. The molecule has 0 aromatic heterocycles. The summed E-state index contributed by atoms with van der Waals surface area (Å²) in [5.74, 6) is -2.74. The molecule has 80 valence electrons. The van der Waals surface area contributed by atoms with Crippen molar-refractivity contribution in [1.29, 1.82) is 0 Å². The normalized spacial score (nSPS) is 30.3. The van der Waals surface area contributed by atoms with E-state index in [0.29, 0.717) is 12.2 Å². The summed E-state index contributed by atoms with van der Waals surface area (Å²) in [6, 6.07) is 8.71. The van der Waals surface area contributed by atoms with Crippen LogP contribution in [-0.4, -0.2) is 23.8 Å². The summed E-state index contributed by atoms with van der Waals surface area (Å²) in [6.07, 6.45) is -0.207. The zero-order valence-corrected chi connectivity index (χ0v) is 8.34. The average molecular weight is 208 g/mol. The first-order chi connectivity index (χ1) is 7.15. The predicted octanol–water partition coefficient (Wildman–Crippen LogP) is 1.36. The highest BCUT2D eigenvalue weighted by Gasteiger charge is 2.49. The van der Waals surface area contributed by atoms with E-state index in [1.807, 2.05) is 6.07 Å². The van der Waals surface area contributed by atoms with Crippen molar-refractivity contribution in [2.45, 2.75) is 18.8 Å². The van der Waals surface area contributed by atoms with Gasteiger partial charge in [-0.1, -0.05) is 30.3 Å². The highest BCUT2D eigenvalue weighted by Crippen LogP contribution is 2.34. The highest BCUT2D eigenvalue weighted by atomic mass is 16.8. The van der Waals surface area contributed by atoms with Gasteiger partial charge in [-0.25, -0.2) is 4.79 Å². The molecule has 0 bridgehead atoms. The Morgan fingerprint density at radius 1 is 1.47 bits per heavy atom. The Labute approximate surface area is 87.4 Å². The summed E-state index contributed by atoms with van der Waals surface area (Å²) in [6.45, 7) is 2.08. The van der Waals surface area contributed by atoms with E-state index in [1.165, 1.54) is 0 Å². The molecule has 1 aliphatic heterocycles. The summed E-state index contributed by atoms with van der Waals surface area (Å²) in [7, 11) is 0. The Morgan fingerprint density at radius 3 is 2.60 bits per heavy atom. The molecule has 4 heteroatoms. The third-order valence-electron chi connectivity index (χ3n) is 2.32. The van der Waals surface area contributed by atoms with Gasteiger partial charge in [-0.2, -0.15) is 0 Å². The minimum Gasteiger partial charge on any atom is -0.477 e. The summed E-state index contributed by atoms with van der Waals surface area (Å²) in [5, 5.41) is 9.18. The molecule has 0 unspecified atom stereocenters. The van der Waals surface area contributed by atoms with Gasteiger partial charge >= 0.3 is 5.97 Å². The molecule has 1 N–H and O–H groups in total. The van der Waals surface area contributed by atoms with Gasteiger partial charge < -0.3 is 14.6 Å². The summed E-state index contributed by atoms with van der Waals surface area (Å²) < 4.78 is 10.7. The van der Waals surface area contributed by atoms with E-state index in [-0.39, 0.29) is 6.10 Å². The Morgan fingerprint density at radius 2 is 2.13 bits per heavy atom. The minimum atomic E-state index is -1.62. The van der Waals surface area contributed by atoms with Crippen molar-refractivity contribution >= 4 is 5.97 Å². The number of hydrogen-bond acceptors (Lipinski definition) is 3. The minimum absolute atomic E-state index is 0.207. The number of rotatable bonds is 2. The number of ether oxygens (including phenoxy) is 2.